The molecule has 1 aromatic heterocycles. The van der Waals surface area contributed by atoms with Crippen LogP contribution in [-0.4, -0.2) is 40.4 Å². The highest BCUT2D eigenvalue weighted by Crippen LogP contribution is 2.25. The van der Waals surface area contributed by atoms with Crippen LogP contribution in [0.2, 0.25) is 0 Å². The second-order valence-corrected chi connectivity index (χ2v) is 3.77. The van der Waals surface area contributed by atoms with Crippen LogP contribution in [0.4, 0.5) is 17.5 Å². The summed E-state index contributed by atoms with van der Waals surface area (Å²) in [5, 5.41) is 13.6. The van der Waals surface area contributed by atoms with Crippen LogP contribution in [0.1, 0.15) is 13.8 Å². The lowest BCUT2D eigenvalue weighted by Gasteiger charge is -2.21. The minimum atomic E-state index is -0.601. The normalized spacial score (nSPS) is 9.95. The van der Waals surface area contributed by atoms with Gasteiger partial charge in [0.2, 0.25) is 17.7 Å². The van der Waals surface area contributed by atoms with E-state index in [0.29, 0.717) is 13.1 Å². The predicted molar refractivity (Wildman–Crippen MR) is 73.1 cm³/mol. The molecule has 4 N–H and O–H groups in total. The second kappa shape index (κ2) is 7.19. The zero-order chi connectivity index (χ0) is 15.1. The number of carbonyl (C=O) groups is 1. The summed E-state index contributed by atoms with van der Waals surface area (Å²) in [6, 6.07) is 0. The lowest BCUT2D eigenvalue weighted by Crippen LogP contribution is -2.38. The van der Waals surface area contributed by atoms with E-state index in [9.17, 15) is 14.9 Å². The quantitative estimate of drug-likeness (QED) is 0.350. The van der Waals surface area contributed by atoms with Crippen molar-refractivity contribution in [2.24, 2.45) is 5.84 Å². The highest BCUT2D eigenvalue weighted by molar-refractivity contribution is 5.81. The van der Waals surface area contributed by atoms with Gasteiger partial charge in [-0.2, -0.15) is 4.98 Å². The van der Waals surface area contributed by atoms with Crippen molar-refractivity contribution < 1.29 is 9.72 Å². The van der Waals surface area contributed by atoms with E-state index in [1.165, 1.54) is 4.90 Å². The Hall–Kier alpha value is -2.49. The molecule has 1 amide bonds. The summed E-state index contributed by atoms with van der Waals surface area (Å²) < 4.78 is 0. The largest absolute Gasteiger partial charge is 0.355 e. The summed E-state index contributed by atoms with van der Waals surface area (Å²) in [6.07, 6.45) is 1.05. The maximum Gasteiger partial charge on any atom is 0.329 e. The average Bonchev–Trinajstić information content (AvgIpc) is 2.44. The zero-order valence-corrected chi connectivity index (χ0v) is 11.3. The number of carbonyl (C=O) groups excluding carboxylic acids is 1. The lowest BCUT2D eigenvalue weighted by molar-refractivity contribution is -0.384. The smallest absolute Gasteiger partial charge is 0.329 e. The van der Waals surface area contributed by atoms with E-state index >= 15 is 0 Å². The second-order valence-electron chi connectivity index (χ2n) is 3.77. The van der Waals surface area contributed by atoms with Crippen LogP contribution in [0.5, 0.6) is 0 Å². The van der Waals surface area contributed by atoms with E-state index in [2.05, 4.69) is 20.7 Å². The molecule has 0 unspecified atom stereocenters. The number of amides is 1. The number of nitrogens with two attached hydrogens (primary N) is 1. The molecule has 0 aliphatic carbocycles. The summed E-state index contributed by atoms with van der Waals surface area (Å²) >= 11 is 0. The SMILES string of the molecule is CCNC(=O)CN(CC)c1nc(NN)ncc1[N+](=O)[O-]. The minimum Gasteiger partial charge on any atom is -0.355 e. The van der Waals surface area contributed by atoms with E-state index < -0.39 is 4.92 Å². The molecule has 10 heteroatoms. The van der Waals surface area contributed by atoms with Crippen molar-refractivity contribution in [3.63, 3.8) is 0 Å². The molecule has 10 nitrogen and oxygen atoms in total. The van der Waals surface area contributed by atoms with Gasteiger partial charge in [0.25, 0.3) is 0 Å². The first-order valence-electron chi connectivity index (χ1n) is 6.03. The lowest BCUT2D eigenvalue weighted by atomic mass is 10.4. The van der Waals surface area contributed by atoms with Crippen LogP contribution in [0.15, 0.2) is 6.20 Å². The summed E-state index contributed by atoms with van der Waals surface area (Å²) in [4.78, 5) is 31.1. The predicted octanol–water partition coefficient (Wildman–Crippen LogP) is -0.367. The molecule has 0 atom stereocenters. The number of hydrogen-bond donors (Lipinski definition) is 3. The van der Waals surface area contributed by atoms with Crippen LogP contribution in [0, 0.1) is 10.1 Å². The molecule has 0 radical (unpaired) electrons. The molecule has 1 rings (SSSR count). The average molecular weight is 283 g/mol. The van der Waals surface area contributed by atoms with Gasteiger partial charge >= 0.3 is 5.69 Å². The molecule has 110 valence electrons. The van der Waals surface area contributed by atoms with E-state index in [-0.39, 0.29) is 29.9 Å². The van der Waals surface area contributed by atoms with Gasteiger partial charge < -0.3 is 10.2 Å². The van der Waals surface area contributed by atoms with Crippen molar-refractivity contribution in [1.29, 1.82) is 0 Å². The van der Waals surface area contributed by atoms with Gasteiger partial charge in [-0.3, -0.25) is 20.3 Å². The van der Waals surface area contributed by atoms with Crippen LogP contribution < -0.4 is 21.5 Å². The third-order valence-corrected chi connectivity index (χ3v) is 2.47. The monoisotopic (exact) mass is 283 g/mol. The Labute approximate surface area is 115 Å². The number of anilines is 2. The van der Waals surface area contributed by atoms with Crippen molar-refractivity contribution in [3.8, 4) is 0 Å². The summed E-state index contributed by atoms with van der Waals surface area (Å²) in [6.45, 7) is 4.38. The first-order valence-corrected chi connectivity index (χ1v) is 6.03. The van der Waals surface area contributed by atoms with Gasteiger partial charge in [0.1, 0.15) is 6.20 Å². The maximum atomic E-state index is 11.6. The van der Waals surface area contributed by atoms with Crippen molar-refractivity contribution in [3.05, 3.63) is 16.3 Å². The fourth-order valence-corrected chi connectivity index (χ4v) is 1.56. The summed E-state index contributed by atoms with van der Waals surface area (Å²) in [5.41, 5.74) is 1.94. The number of hydrazine groups is 1. The van der Waals surface area contributed by atoms with Crippen molar-refractivity contribution in [2.75, 3.05) is 30.0 Å². The number of hydrogen-bond acceptors (Lipinski definition) is 8. The van der Waals surface area contributed by atoms with Gasteiger partial charge in [-0.25, -0.2) is 10.8 Å². The molecule has 0 saturated carbocycles. The fraction of sp³-hybridized carbons (Fsp3) is 0.500. The van der Waals surface area contributed by atoms with Gasteiger partial charge in [0, 0.05) is 13.1 Å². The standard InChI is InChI=1S/C10H17N7O3/c1-3-12-8(18)6-16(4-2)9-7(17(19)20)5-13-10(14-9)15-11/h5H,3-4,6,11H2,1-2H3,(H,12,18)(H,13,14,15). The first kappa shape index (κ1) is 15.6. The molecule has 0 saturated heterocycles. The summed E-state index contributed by atoms with van der Waals surface area (Å²) in [7, 11) is 0. The van der Waals surface area contributed by atoms with Crippen molar-refractivity contribution in [2.45, 2.75) is 13.8 Å². The van der Waals surface area contributed by atoms with Gasteiger partial charge in [0.15, 0.2) is 0 Å². The minimum absolute atomic E-state index is 0.0355. The Morgan fingerprint density at radius 3 is 2.75 bits per heavy atom. The number of rotatable bonds is 7. The Kier molecular flexibility index (Phi) is 5.59. The molecular formula is C10H17N7O3. The Morgan fingerprint density at radius 1 is 1.55 bits per heavy atom. The highest BCUT2D eigenvalue weighted by atomic mass is 16.6. The zero-order valence-electron chi connectivity index (χ0n) is 11.3. The van der Waals surface area contributed by atoms with E-state index in [1.807, 2.05) is 0 Å². The molecule has 0 aliphatic heterocycles. The number of nitro groups is 1. The number of likely N-dealkylation sites (N-methyl/N-ethyl adjacent to an activating group) is 2. The number of aromatic nitrogens is 2. The first-order chi connectivity index (χ1) is 9.53. The maximum absolute atomic E-state index is 11.6. The Morgan fingerprint density at radius 2 is 2.25 bits per heavy atom. The number of nitrogens with zero attached hydrogens (tertiary/aromatic N) is 4. The molecule has 1 aromatic rings. The van der Waals surface area contributed by atoms with E-state index in [1.54, 1.807) is 13.8 Å². The molecular weight excluding hydrogens is 266 g/mol. The Balaban J connectivity index is 3.11. The fourth-order valence-electron chi connectivity index (χ4n) is 1.56. The molecule has 0 fully saturated rings. The van der Waals surface area contributed by atoms with Gasteiger partial charge in [0.05, 0.1) is 11.5 Å². The number of nitrogen functional groups attached to an aromatic ring is 1. The Bertz CT molecular complexity index is 494. The topological polar surface area (TPSA) is 139 Å². The van der Waals surface area contributed by atoms with Gasteiger partial charge in [-0.1, -0.05) is 0 Å². The van der Waals surface area contributed by atoms with E-state index in [4.69, 9.17) is 5.84 Å². The molecule has 0 aliphatic rings. The van der Waals surface area contributed by atoms with Crippen molar-refractivity contribution in [1.82, 2.24) is 15.3 Å². The summed E-state index contributed by atoms with van der Waals surface area (Å²) in [5.74, 6) is 5.04. The van der Waals surface area contributed by atoms with Crippen molar-refractivity contribution >= 4 is 23.4 Å². The molecule has 0 aromatic carbocycles. The molecule has 20 heavy (non-hydrogen) atoms. The molecule has 1 heterocycles. The van der Waals surface area contributed by atoms with E-state index in [0.717, 1.165) is 6.20 Å². The highest BCUT2D eigenvalue weighted by Gasteiger charge is 2.23. The third kappa shape index (κ3) is 3.75. The third-order valence-electron chi connectivity index (χ3n) is 2.47. The van der Waals surface area contributed by atoms with Crippen LogP contribution >= 0.6 is 0 Å². The van der Waals surface area contributed by atoms with Gasteiger partial charge in [-0.05, 0) is 13.8 Å². The van der Waals surface area contributed by atoms with Crippen LogP contribution in [0.25, 0.3) is 0 Å². The number of nitrogens with one attached hydrogen (secondary N) is 2. The molecule has 0 spiro atoms. The van der Waals surface area contributed by atoms with Crippen LogP contribution in [0.3, 0.4) is 0 Å². The van der Waals surface area contributed by atoms with Gasteiger partial charge in [-0.15, -0.1) is 0 Å². The molecule has 0 bridgehead atoms. The van der Waals surface area contributed by atoms with Crippen LogP contribution in [-0.2, 0) is 4.79 Å².